The summed E-state index contributed by atoms with van der Waals surface area (Å²) in [7, 11) is 0. The summed E-state index contributed by atoms with van der Waals surface area (Å²) in [5, 5.41) is 9.20. The fraction of sp³-hybridized carbons (Fsp3) is 1.00. The van der Waals surface area contributed by atoms with Gasteiger partial charge >= 0.3 is 0 Å². The van der Waals surface area contributed by atoms with Crippen molar-refractivity contribution < 1.29 is 14.6 Å². The standard InChI is InChI=1S/C7H12O3/c8-5-3-6-7(4-5)10-2-1-9-6/h5-8H,1-4H2. The molecular weight excluding hydrogens is 132 g/mol. The van der Waals surface area contributed by atoms with Crippen LogP contribution >= 0.6 is 0 Å². The Morgan fingerprint density at radius 3 is 2.00 bits per heavy atom. The first kappa shape index (κ1) is 6.58. The van der Waals surface area contributed by atoms with Gasteiger partial charge in [0.05, 0.1) is 31.5 Å². The Bertz CT molecular complexity index is 112. The van der Waals surface area contributed by atoms with Gasteiger partial charge < -0.3 is 14.6 Å². The first-order valence-corrected chi connectivity index (χ1v) is 3.77. The Morgan fingerprint density at radius 1 is 1.00 bits per heavy atom. The second-order valence-electron chi connectivity index (χ2n) is 2.94. The summed E-state index contributed by atoms with van der Waals surface area (Å²) >= 11 is 0. The van der Waals surface area contributed by atoms with E-state index < -0.39 is 0 Å². The first-order valence-electron chi connectivity index (χ1n) is 3.77. The van der Waals surface area contributed by atoms with Crippen LogP contribution in [0.25, 0.3) is 0 Å². The van der Waals surface area contributed by atoms with Crippen molar-refractivity contribution in [2.45, 2.75) is 31.2 Å². The molecule has 1 heterocycles. The molecule has 0 aromatic carbocycles. The zero-order chi connectivity index (χ0) is 6.97. The van der Waals surface area contributed by atoms with Gasteiger partial charge in [0.25, 0.3) is 0 Å². The molecule has 2 fully saturated rings. The van der Waals surface area contributed by atoms with Gasteiger partial charge in [-0.3, -0.25) is 0 Å². The van der Waals surface area contributed by atoms with Gasteiger partial charge in [-0.25, -0.2) is 0 Å². The minimum Gasteiger partial charge on any atom is -0.393 e. The van der Waals surface area contributed by atoms with Crippen molar-refractivity contribution in [3.8, 4) is 0 Å². The van der Waals surface area contributed by atoms with Crippen LogP contribution in [0.3, 0.4) is 0 Å². The molecule has 1 N–H and O–H groups in total. The lowest BCUT2D eigenvalue weighted by molar-refractivity contribution is -0.124. The van der Waals surface area contributed by atoms with E-state index in [0.29, 0.717) is 13.2 Å². The number of ether oxygens (including phenoxy) is 2. The molecule has 0 amide bonds. The highest BCUT2D eigenvalue weighted by molar-refractivity contribution is 4.86. The van der Waals surface area contributed by atoms with Crippen LogP contribution in [0.15, 0.2) is 0 Å². The minimum atomic E-state index is -0.201. The fourth-order valence-electron chi connectivity index (χ4n) is 1.69. The predicted molar refractivity (Wildman–Crippen MR) is 34.7 cm³/mol. The molecule has 1 aliphatic heterocycles. The predicted octanol–water partition coefficient (Wildman–Crippen LogP) is -0.0749. The third-order valence-electron chi connectivity index (χ3n) is 2.17. The van der Waals surface area contributed by atoms with Crippen molar-refractivity contribution in [1.82, 2.24) is 0 Å². The summed E-state index contributed by atoms with van der Waals surface area (Å²) in [5.41, 5.74) is 0. The van der Waals surface area contributed by atoms with E-state index >= 15 is 0 Å². The quantitative estimate of drug-likeness (QED) is 0.517. The molecule has 0 aromatic rings. The van der Waals surface area contributed by atoms with Gasteiger partial charge in [-0.05, 0) is 0 Å². The summed E-state index contributed by atoms with van der Waals surface area (Å²) in [5.74, 6) is 0. The van der Waals surface area contributed by atoms with Crippen LogP contribution < -0.4 is 0 Å². The molecule has 2 rings (SSSR count). The molecular formula is C7H12O3. The molecule has 1 saturated carbocycles. The van der Waals surface area contributed by atoms with Crippen molar-refractivity contribution in [2.75, 3.05) is 13.2 Å². The van der Waals surface area contributed by atoms with Crippen molar-refractivity contribution in [3.63, 3.8) is 0 Å². The molecule has 3 nitrogen and oxygen atoms in total. The van der Waals surface area contributed by atoms with Gasteiger partial charge in [0.1, 0.15) is 0 Å². The van der Waals surface area contributed by atoms with Crippen LogP contribution in [0, 0.1) is 0 Å². The second kappa shape index (κ2) is 2.49. The van der Waals surface area contributed by atoms with E-state index in [1.165, 1.54) is 0 Å². The smallest absolute Gasteiger partial charge is 0.0863 e. The van der Waals surface area contributed by atoms with Gasteiger partial charge in [-0.2, -0.15) is 0 Å². The van der Waals surface area contributed by atoms with E-state index in [9.17, 15) is 5.11 Å². The molecule has 3 heteroatoms. The molecule has 0 bridgehead atoms. The summed E-state index contributed by atoms with van der Waals surface area (Å²) in [6.07, 6.45) is 1.65. The van der Waals surface area contributed by atoms with Crippen molar-refractivity contribution in [1.29, 1.82) is 0 Å². The average molecular weight is 144 g/mol. The number of aliphatic hydroxyl groups is 1. The third-order valence-corrected chi connectivity index (χ3v) is 2.17. The maximum Gasteiger partial charge on any atom is 0.0863 e. The average Bonchev–Trinajstić information content (AvgIpc) is 2.27. The number of rotatable bonds is 0. The zero-order valence-corrected chi connectivity index (χ0v) is 5.82. The molecule has 0 radical (unpaired) electrons. The minimum absolute atomic E-state index is 0.170. The largest absolute Gasteiger partial charge is 0.393 e. The summed E-state index contributed by atoms with van der Waals surface area (Å²) in [6.45, 7) is 1.38. The normalized spacial score (nSPS) is 47.1. The first-order chi connectivity index (χ1) is 4.86. The molecule has 1 saturated heterocycles. The Hall–Kier alpha value is -0.120. The Labute approximate surface area is 59.9 Å². The fourth-order valence-corrected chi connectivity index (χ4v) is 1.69. The number of hydrogen-bond acceptors (Lipinski definition) is 3. The van der Waals surface area contributed by atoms with Crippen LogP contribution in [0.4, 0.5) is 0 Å². The SMILES string of the molecule is OC1CC2OCCOC2C1. The maximum absolute atomic E-state index is 9.20. The van der Waals surface area contributed by atoms with Crippen LogP contribution in [0.1, 0.15) is 12.8 Å². The Balaban J connectivity index is 1.97. The lowest BCUT2D eigenvalue weighted by Crippen LogP contribution is -2.33. The van der Waals surface area contributed by atoms with Crippen LogP contribution in [0.2, 0.25) is 0 Å². The zero-order valence-electron chi connectivity index (χ0n) is 5.82. The highest BCUT2D eigenvalue weighted by Crippen LogP contribution is 2.27. The topological polar surface area (TPSA) is 38.7 Å². The highest BCUT2D eigenvalue weighted by atomic mass is 16.6. The van der Waals surface area contributed by atoms with E-state index in [2.05, 4.69) is 0 Å². The van der Waals surface area contributed by atoms with Crippen LogP contribution in [-0.4, -0.2) is 36.6 Å². The highest BCUT2D eigenvalue weighted by Gasteiger charge is 2.36. The molecule has 0 spiro atoms. The number of aliphatic hydroxyl groups excluding tert-OH is 1. The van der Waals surface area contributed by atoms with Gasteiger partial charge in [0.2, 0.25) is 0 Å². The van der Waals surface area contributed by atoms with E-state index in [1.807, 2.05) is 0 Å². The summed E-state index contributed by atoms with van der Waals surface area (Å²) in [4.78, 5) is 0. The van der Waals surface area contributed by atoms with Crippen LogP contribution in [-0.2, 0) is 9.47 Å². The summed E-state index contributed by atoms with van der Waals surface area (Å²) < 4.78 is 10.8. The number of fused-ring (bicyclic) bond motifs is 1. The molecule has 2 unspecified atom stereocenters. The molecule has 2 atom stereocenters. The van der Waals surface area contributed by atoms with E-state index in [-0.39, 0.29) is 18.3 Å². The Morgan fingerprint density at radius 2 is 1.50 bits per heavy atom. The summed E-state index contributed by atoms with van der Waals surface area (Å²) in [6, 6.07) is 0. The third kappa shape index (κ3) is 1.05. The van der Waals surface area contributed by atoms with Gasteiger partial charge in [0.15, 0.2) is 0 Å². The van der Waals surface area contributed by atoms with Crippen molar-refractivity contribution in [3.05, 3.63) is 0 Å². The lowest BCUT2D eigenvalue weighted by atomic mass is 10.2. The molecule has 1 aliphatic carbocycles. The Kier molecular flexibility index (Phi) is 1.64. The molecule has 58 valence electrons. The monoisotopic (exact) mass is 144 g/mol. The van der Waals surface area contributed by atoms with Gasteiger partial charge in [-0.1, -0.05) is 0 Å². The number of hydrogen-bond donors (Lipinski definition) is 1. The van der Waals surface area contributed by atoms with E-state index in [4.69, 9.17) is 9.47 Å². The molecule has 10 heavy (non-hydrogen) atoms. The molecule has 2 aliphatic rings. The van der Waals surface area contributed by atoms with Crippen molar-refractivity contribution >= 4 is 0 Å². The van der Waals surface area contributed by atoms with E-state index in [1.54, 1.807) is 0 Å². The van der Waals surface area contributed by atoms with E-state index in [0.717, 1.165) is 12.8 Å². The van der Waals surface area contributed by atoms with Gasteiger partial charge in [0, 0.05) is 12.8 Å². The molecule has 0 aromatic heterocycles. The lowest BCUT2D eigenvalue weighted by Gasteiger charge is -2.25. The van der Waals surface area contributed by atoms with Crippen LogP contribution in [0.5, 0.6) is 0 Å². The van der Waals surface area contributed by atoms with Gasteiger partial charge in [-0.15, -0.1) is 0 Å². The van der Waals surface area contributed by atoms with Crippen molar-refractivity contribution in [2.24, 2.45) is 0 Å². The second-order valence-corrected chi connectivity index (χ2v) is 2.94. The maximum atomic E-state index is 9.20.